The molecule has 3 rings (SSSR count). The first kappa shape index (κ1) is 18.3. The van der Waals surface area contributed by atoms with Crippen molar-refractivity contribution >= 4 is 45.8 Å². The van der Waals surface area contributed by atoms with Crippen molar-refractivity contribution in [2.45, 2.75) is 6.04 Å². The Labute approximate surface area is 155 Å². The number of aryl methyl sites for hydroxylation is 1. The predicted octanol–water partition coefficient (Wildman–Crippen LogP) is 3.65. The summed E-state index contributed by atoms with van der Waals surface area (Å²) in [5.74, 6) is 0.0414. The standard InChI is InChI=1S/C16H17BrClN3O.ClH/c1-20-10-12(17)8-14(20)16(22)21-6-5-19-9-15(21)11-3-2-4-13(18)7-11;/h2-4,7-8,10,15,19H,5-6,9H2,1H3;1H. The van der Waals surface area contributed by atoms with Crippen molar-refractivity contribution in [1.82, 2.24) is 14.8 Å². The van der Waals surface area contributed by atoms with Crippen LogP contribution in [0.2, 0.25) is 5.02 Å². The Morgan fingerprint density at radius 3 is 2.83 bits per heavy atom. The average Bonchev–Trinajstić information content (AvgIpc) is 2.85. The Bertz CT molecular complexity index is 704. The van der Waals surface area contributed by atoms with E-state index >= 15 is 0 Å². The van der Waals surface area contributed by atoms with Crippen LogP contribution in [0.1, 0.15) is 22.1 Å². The summed E-state index contributed by atoms with van der Waals surface area (Å²) in [7, 11) is 1.88. The molecule has 1 unspecified atom stereocenters. The third-order valence-corrected chi connectivity index (χ3v) is 4.60. The maximum Gasteiger partial charge on any atom is 0.271 e. The first-order chi connectivity index (χ1) is 10.6. The van der Waals surface area contributed by atoms with Crippen LogP contribution in [0.15, 0.2) is 41.0 Å². The number of nitrogens with one attached hydrogen (secondary N) is 1. The molecule has 1 amide bonds. The van der Waals surface area contributed by atoms with Crippen molar-refractivity contribution < 1.29 is 4.79 Å². The number of piperazine rings is 1. The van der Waals surface area contributed by atoms with Gasteiger partial charge in [-0.3, -0.25) is 4.79 Å². The third-order valence-electron chi connectivity index (χ3n) is 3.93. The van der Waals surface area contributed by atoms with Crippen LogP contribution in [0.4, 0.5) is 0 Å². The fourth-order valence-electron chi connectivity index (χ4n) is 2.84. The van der Waals surface area contributed by atoms with E-state index in [1.165, 1.54) is 0 Å². The SMILES string of the molecule is Cl.Cn1cc(Br)cc1C(=O)N1CCNCC1c1cccc(Cl)c1. The fourth-order valence-corrected chi connectivity index (χ4v) is 3.57. The van der Waals surface area contributed by atoms with Gasteiger partial charge in [-0.05, 0) is 39.7 Å². The molecular formula is C16H18BrCl2N3O. The maximum atomic E-state index is 12.9. The lowest BCUT2D eigenvalue weighted by Gasteiger charge is -2.36. The minimum Gasteiger partial charge on any atom is -0.345 e. The average molecular weight is 419 g/mol. The Balaban J connectivity index is 0.00000192. The highest BCUT2D eigenvalue weighted by Gasteiger charge is 2.30. The molecule has 1 N–H and O–H groups in total. The number of halogens is 3. The van der Waals surface area contributed by atoms with Gasteiger partial charge in [0.2, 0.25) is 0 Å². The smallest absolute Gasteiger partial charge is 0.271 e. The molecule has 0 bridgehead atoms. The molecule has 1 aromatic carbocycles. The van der Waals surface area contributed by atoms with Crippen molar-refractivity contribution in [1.29, 1.82) is 0 Å². The zero-order valence-corrected chi connectivity index (χ0v) is 15.8. The van der Waals surface area contributed by atoms with Crippen molar-refractivity contribution in [3.63, 3.8) is 0 Å². The number of aromatic nitrogens is 1. The molecule has 1 fully saturated rings. The summed E-state index contributed by atoms with van der Waals surface area (Å²) in [6.45, 7) is 2.21. The lowest BCUT2D eigenvalue weighted by Crippen LogP contribution is -2.49. The van der Waals surface area contributed by atoms with Gasteiger partial charge < -0.3 is 14.8 Å². The minimum atomic E-state index is -0.00590. The van der Waals surface area contributed by atoms with Crippen LogP contribution in [0.3, 0.4) is 0 Å². The van der Waals surface area contributed by atoms with Gasteiger partial charge in [-0.25, -0.2) is 0 Å². The predicted molar refractivity (Wildman–Crippen MR) is 98.5 cm³/mol. The molecule has 0 aliphatic carbocycles. The van der Waals surface area contributed by atoms with E-state index in [1.54, 1.807) is 0 Å². The number of hydrogen-bond acceptors (Lipinski definition) is 2. The van der Waals surface area contributed by atoms with Crippen molar-refractivity contribution in [2.24, 2.45) is 7.05 Å². The number of carbonyl (C=O) groups excluding carboxylic acids is 1. The highest BCUT2D eigenvalue weighted by atomic mass is 79.9. The largest absolute Gasteiger partial charge is 0.345 e. The molecule has 1 aliphatic rings. The summed E-state index contributed by atoms with van der Waals surface area (Å²) in [6.07, 6.45) is 1.89. The summed E-state index contributed by atoms with van der Waals surface area (Å²) in [5.41, 5.74) is 1.74. The van der Waals surface area contributed by atoms with Crippen LogP contribution < -0.4 is 5.32 Å². The highest BCUT2D eigenvalue weighted by molar-refractivity contribution is 9.10. The minimum absolute atomic E-state index is 0. The molecule has 0 spiro atoms. The van der Waals surface area contributed by atoms with Gasteiger partial charge in [0.15, 0.2) is 0 Å². The Kier molecular flexibility index (Phi) is 6.14. The Morgan fingerprint density at radius 1 is 1.39 bits per heavy atom. The van der Waals surface area contributed by atoms with Crippen LogP contribution >= 0.6 is 39.9 Å². The number of hydrogen-bond donors (Lipinski definition) is 1. The summed E-state index contributed by atoms with van der Waals surface area (Å²) in [4.78, 5) is 14.8. The summed E-state index contributed by atoms with van der Waals surface area (Å²) in [5, 5.41) is 4.05. The molecule has 1 saturated heterocycles. The van der Waals surface area contributed by atoms with Gasteiger partial charge >= 0.3 is 0 Å². The highest BCUT2D eigenvalue weighted by Crippen LogP contribution is 2.27. The van der Waals surface area contributed by atoms with E-state index in [-0.39, 0.29) is 24.4 Å². The van der Waals surface area contributed by atoms with Gasteiger partial charge in [0.1, 0.15) is 5.69 Å². The van der Waals surface area contributed by atoms with Crippen LogP contribution in [-0.4, -0.2) is 35.0 Å². The van der Waals surface area contributed by atoms with Crippen LogP contribution in [0.5, 0.6) is 0 Å². The summed E-state index contributed by atoms with van der Waals surface area (Å²) in [6, 6.07) is 9.58. The molecular weight excluding hydrogens is 401 g/mol. The second-order valence-corrected chi connectivity index (χ2v) is 6.78. The zero-order valence-electron chi connectivity index (χ0n) is 12.6. The summed E-state index contributed by atoms with van der Waals surface area (Å²) < 4.78 is 2.76. The molecule has 23 heavy (non-hydrogen) atoms. The third kappa shape index (κ3) is 3.91. The monoisotopic (exact) mass is 417 g/mol. The van der Waals surface area contributed by atoms with Gasteiger partial charge in [-0.15, -0.1) is 12.4 Å². The molecule has 0 radical (unpaired) electrons. The second kappa shape index (κ2) is 7.71. The lowest BCUT2D eigenvalue weighted by molar-refractivity contribution is 0.0624. The normalized spacial score (nSPS) is 17.7. The van der Waals surface area contributed by atoms with E-state index in [0.29, 0.717) is 17.3 Å². The van der Waals surface area contributed by atoms with Crippen LogP contribution in [-0.2, 0) is 7.05 Å². The Morgan fingerprint density at radius 2 is 2.17 bits per heavy atom. The van der Waals surface area contributed by atoms with Crippen molar-refractivity contribution in [3.05, 3.63) is 57.3 Å². The quantitative estimate of drug-likeness (QED) is 0.808. The van der Waals surface area contributed by atoms with E-state index in [0.717, 1.165) is 23.1 Å². The fraction of sp³-hybridized carbons (Fsp3) is 0.312. The van der Waals surface area contributed by atoms with E-state index < -0.39 is 0 Å². The number of nitrogens with zero attached hydrogens (tertiary/aromatic N) is 2. The van der Waals surface area contributed by atoms with Crippen LogP contribution in [0, 0.1) is 0 Å². The molecule has 0 saturated carbocycles. The first-order valence-corrected chi connectivity index (χ1v) is 8.32. The molecule has 124 valence electrons. The van der Waals surface area contributed by atoms with Gasteiger partial charge in [0.25, 0.3) is 5.91 Å². The van der Waals surface area contributed by atoms with Gasteiger partial charge in [0.05, 0.1) is 6.04 Å². The number of amides is 1. The van der Waals surface area contributed by atoms with Gasteiger partial charge in [-0.2, -0.15) is 0 Å². The topological polar surface area (TPSA) is 37.3 Å². The van der Waals surface area contributed by atoms with E-state index in [1.807, 2.05) is 53.0 Å². The number of benzene rings is 1. The number of carbonyl (C=O) groups is 1. The molecule has 7 heteroatoms. The number of rotatable bonds is 2. The molecule has 4 nitrogen and oxygen atoms in total. The van der Waals surface area contributed by atoms with E-state index in [9.17, 15) is 4.79 Å². The summed E-state index contributed by atoms with van der Waals surface area (Å²) >= 11 is 9.53. The maximum absolute atomic E-state index is 12.9. The van der Waals surface area contributed by atoms with E-state index in [4.69, 9.17) is 11.6 Å². The Hall–Kier alpha value is -1.01. The van der Waals surface area contributed by atoms with Crippen molar-refractivity contribution in [2.75, 3.05) is 19.6 Å². The van der Waals surface area contributed by atoms with Crippen LogP contribution in [0.25, 0.3) is 0 Å². The zero-order chi connectivity index (χ0) is 15.7. The molecule has 1 atom stereocenters. The first-order valence-electron chi connectivity index (χ1n) is 7.15. The molecule has 1 aliphatic heterocycles. The molecule has 2 aromatic rings. The van der Waals surface area contributed by atoms with Crippen molar-refractivity contribution in [3.8, 4) is 0 Å². The molecule has 2 heterocycles. The van der Waals surface area contributed by atoms with Gasteiger partial charge in [0, 0.05) is 42.4 Å². The second-order valence-electron chi connectivity index (χ2n) is 5.43. The van der Waals surface area contributed by atoms with Gasteiger partial charge in [-0.1, -0.05) is 23.7 Å². The lowest BCUT2D eigenvalue weighted by atomic mass is 10.0. The molecule has 1 aromatic heterocycles. The van der Waals surface area contributed by atoms with E-state index in [2.05, 4.69) is 21.2 Å².